The van der Waals surface area contributed by atoms with Crippen molar-refractivity contribution in [3.8, 4) is 5.69 Å². The number of nitrogens with zero attached hydrogens (tertiary/aromatic N) is 3. The quantitative estimate of drug-likeness (QED) is 0.327. The Hall–Kier alpha value is -4.18. The van der Waals surface area contributed by atoms with E-state index in [9.17, 15) is 19.2 Å². The van der Waals surface area contributed by atoms with Crippen molar-refractivity contribution >= 4 is 40.4 Å². The zero-order chi connectivity index (χ0) is 25.1. The molecule has 0 spiro atoms. The number of anilines is 1. The number of benzene rings is 2. The molecule has 10 heteroatoms. The molecule has 2 aromatic carbocycles. The predicted molar refractivity (Wildman–Crippen MR) is 135 cm³/mol. The summed E-state index contributed by atoms with van der Waals surface area (Å²) >= 11 is 1.52. The third-order valence-corrected chi connectivity index (χ3v) is 6.02. The van der Waals surface area contributed by atoms with Crippen molar-refractivity contribution in [1.82, 2.24) is 14.1 Å². The number of fused-ring (bicyclic) bond motifs is 1. The van der Waals surface area contributed by atoms with Gasteiger partial charge in [0.2, 0.25) is 5.91 Å². The van der Waals surface area contributed by atoms with Crippen molar-refractivity contribution in [2.45, 2.75) is 18.4 Å². The average Bonchev–Trinajstić information content (AvgIpc) is 2.86. The molecule has 0 unspecified atom stereocenters. The predicted octanol–water partition coefficient (Wildman–Crippen LogP) is 3.00. The molecule has 0 saturated carbocycles. The molecule has 4 rings (SSSR count). The van der Waals surface area contributed by atoms with Gasteiger partial charge in [-0.25, -0.2) is 23.7 Å². The van der Waals surface area contributed by atoms with Crippen LogP contribution in [0.4, 0.5) is 5.69 Å². The Balaban J connectivity index is 1.93. The van der Waals surface area contributed by atoms with E-state index in [0.29, 0.717) is 17.1 Å². The Morgan fingerprint density at radius 2 is 1.80 bits per heavy atom. The topological polar surface area (TPSA) is 112 Å². The van der Waals surface area contributed by atoms with Gasteiger partial charge in [-0.2, -0.15) is 0 Å². The second kappa shape index (κ2) is 9.98. The first-order chi connectivity index (χ1) is 16.8. The fourth-order valence-corrected chi connectivity index (χ4v) is 4.19. The van der Waals surface area contributed by atoms with E-state index in [0.717, 1.165) is 9.46 Å². The second-order valence-corrected chi connectivity index (χ2v) is 8.51. The lowest BCUT2D eigenvalue weighted by atomic mass is 10.1. The largest absolute Gasteiger partial charge is 0.465 e. The van der Waals surface area contributed by atoms with Crippen molar-refractivity contribution < 1.29 is 14.3 Å². The second-order valence-electron chi connectivity index (χ2n) is 7.63. The number of ether oxygens (including phenoxy) is 1. The van der Waals surface area contributed by atoms with Crippen LogP contribution in [0.3, 0.4) is 0 Å². The molecule has 2 aromatic heterocycles. The summed E-state index contributed by atoms with van der Waals surface area (Å²) in [5, 5.41) is 2.61. The number of esters is 1. The van der Waals surface area contributed by atoms with Gasteiger partial charge in [0.05, 0.1) is 23.7 Å². The summed E-state index contributed by atoms with van der Waals surface area (Å²) in [6.07, 6.45) is 1.91. The van der Waals surface area contributed by atoms with Crippen LogP contribution in [0, 0.1) is 6.92 Å². The number of carbonyl (C=O) groups is 2. The smallest absolute Gasteiger partial charge is 0.338 e. The van der Waals surface area contributed by atoms with Crippen molar-refractivity contribution in [3.05, 3.63) is 92.8 Å². The maximum Gasteiger partial charge on any atom is 0.338 e. The van der Waals surface area contributed by atoms with E-state index >= 15 is 0 Å². The highest BCUT2D eigenvalue weighted by molar-refractivity contribution is 7.98. The summed E-state index contributed by atoms with van der Waals surface area (Å²) in [7, 11) is 1.20. The molecule has 2 heterocycles. The first-order valence-electron chi connectivity index (χ1n) is 10.6. The number of thioether (sulfide) groups is 1. The summed E-state index contributed by atoms with van der Waals surface area (Å²) in [5.74, 6) is -1.32. The van der Waals surface area contributed by atoms with Crippen LogP contribution < -0.4 is 16.6 Å². The lowest BCUT2D eigenvalue weighted by Crippen LogP contribution is -2.43. The Morgan fingerprint density at radius 1 is 1.06 bits per heavy atom. The van der Waals surface area contributed by atoms with Crippen LogP contribution >= 0.6 is 11.8 Å². The molecule has 0 fully saturated rings. The van der Waals surface area contributed by atoms with Gasteiger partial charge >= 0.3 is 11.7 Å². The van der Waals surface area contributed by atoms with Crippen molar-refractivity contribution in [2.24, 2.45) is 0 Å². The van der Waals surface area contributed by atoms with Gasteiger partial charge in [0, 0.05) is 16.3 Å². The molecule has 0 aliphatic rings. The molecule has 0 aliphatic carbocycles. The van der Waals surface area contributed by atoms with Gasteiger partial charge in [-0.3, -0.25) is 9.59 Å². The number of hydrogen-bond acceptors (Lipinski definition) is 7. The van der Waals surface area contributed by atoms with E-state index in [4.69, 9.17) is 4.74 Å². The van der Waals surface area contributed by atoms with Crippen LogP contribution in [-0.4, -0.2) is 39.4 Å². The number of aromatic nitrogens is 3. The van der Waals surface area contributed by atoms with Crippen LogP contribution in [0.5, 0.6) is 0 Å². The molecule has 9 nitrogen and oxygen atoms in total. The molecule has 1 amide bonds. The van der Waals surface area contributed by atoms with E-state index in [2.05, 4.69) is 10.3 Å². The van der Waals surface area contributed by atoms with Crippen molar-refractivity contribution in [3.63, 3.8) is 0 Å². The molecule has 0 aliphatic heterocycles. The third-order valence-electron chi connectivity index (χ3n) is 5.30. The minimum Gasteiger partial charge on any atom is -0.465 e. The molecule has 0 saturated heterocycles. The number of nitrogens with one attached hydrogen (secondary N) is 1. The number of rotatable bonds is 6. The molecular formula is C25H22N4O5S. The minimum atomic E-state index is -0.807. The molecule has 1 N–H and O–H groups in total. The van der Waals surface area contributed by atoms with Gasteiger partial charge < -0.3 is 10.1 Å². The normalized spacial score (nSPS) is 10.8. The van der Waals surface area contributed by atoms with Gasteiger partial charge in [0.25, 0.3) is 5.56 Å². The first-order valence-corrected chi connectivity index (χ1v) is 11.8. The number of para-hydroxylation sites is 1. The van der Waals surface area contributed by atoms with Crippen molar-refractivity contribution in [1.29, 1.82) is 0 Å². The number of hydrogen-bond donors (Lipinski definition) is 1. The number of pyridine rings is 1. The van der Waals surface area contributed by atoms with E-state index in [1.165, 1.54) is 29.5 Å². The highest BCUT2D eigenvalue weighted by Gasteiger charge is 2.23. The highest BCUT2D eigenvalue weighted by atomic mass is 32.2. The molecular weight excluding hydrogens is 468 g/mol. The van der Waals surface area contributed by atoms with E-state index in [1.807, 2.05) is 12.3 Å². The van der Waals surface area contributed by atoms with Crippen molar-refractivity contribution in [2.75, 3.05) is 18.7 Å². The number of amides is 1. The van der Waals surface area contributed by atoms with Crippen LogP contribution in [0.2, 0.25) is 0 Å². The SMILES string of the molecule is COC(=O)c1cc(C)nc2c1c(=O)n(CC(=O)Nc1cccc(SC)c1)c(=O)n2-c1ccccc1. The first kappa shape index (κ1) is 24.0. The number of carbonyl (C=O) groups excluding carboxylic acids is 2. The Bertz CT molecular complexity index is 1560. The van der Waals surface area contributed by atoms with Gasteiger partial charge in [-0.1, -0.05) is 24.3 Å². The average molecular weight is 491 g/mol. The summed E-state index contributed by atoms with van der Waals surface area (Å²) in [4.78, 5) is 57.8. The maximum atomic E-state index is 13.5. The van der Waals surface area contributed by atoms with Crippen LogP contribution in [0.15, 0.2) is 75.1 Å². The zero-order valence-corrected chi connectivity index (χ0v) is 20.1. The van der Waals surface area contributed by atoms with Crippen LogP contribution in [0.1, 0.15) is 16.1 Å². The molecule has 0 atom stereocenters. The maximum absolute atomic E-state index is 13.5. The molecule has 0 radical (unpaired) electrons. The van der Waals surface area contributed by atoms with E-state index in [1.54, 1.807) is 55.5 Å². The standard InChI is InChI=1S/C25H22N4O5S/c1-15-12-19(24(32)34-2)21-22(26-15)29(17-9-5-4-6-10-17)25(33)28(23(21)31)14-20(30)27-16-8-7-11-18(13-16)35-3/h4-13H,14H2,1-3H3,(H,27,30). The Labute approximate surface area is 204 Å². The van der Waals surface area contributed by atoms with E-state index in [-0.39, 0.29) is 16.6 Å². The number of methoxy groups -OCH3 is 1. The zero-order valence-electron chi connectivity index (χ0n) is 19.3. The lowest BCUT2D eigenvalue weighted by Gasteiger charge is -2.15. The molecule has 178 valence electrons. The minimum absolute atomic E-state index is 0.0101. The highest BCUT2D eigenvalue weighted by Crippen LogP contribution is 2.20. The summed E-state index contributed by atoms with van der Waals surface area (Å²) in [5.41, 5.74) is -0.202. The van der Waals surface area contributed by atoms with E-state index < -0.39 is 29.7 Å². The van der Waals surface area contributed by atoms with Crippen LogP contribution in [-0.2, 0) is 16.1 Å². The van der Waals surface area contributed by atoms with Gasteiger partial charge in [0.1, 0.15) is 6.54 Å². The van der Waals surface area contributed by atoms with Gasteiger partial charge in [0.15, 0.2) is 5.65 Å². The van der Waals surface area contributed by atoms with Gasteiger partial charge in [-0.05, 0) is 49.6 Å². The molecule has 0 bridgehead atoms. The molecule has 35 heavy (non-hydrogen) atoms. The summed E-state index contributed by atoms with van der Waals surface area (Å²) in [6.45, 7) is 1.09. The Kier molecular flexibility index (Phi) is 6.83. The fourth-order valence-electron chi connectivity index (χ4n) is 3.73. The monoisotopic (exact) mass is 490 g/mol. The molecule has 4 aromatic rings. The number of aryl methyl sites for hydroxylation is 1. The van der Waals surface area contributed by atoms with Crippen LogP contribution in [0.25, 0.3) is 16.7 Å². The summed E-state index contributed by atoms with van der Waals surface area (Å²) in [6, 6.07) is 17.2. The lowest BCUT2D eigenvalue weighted by molar-refractivity contribution is -0.116. The fraction of sp³-hybridized carbons (Fsp3) is 0.160. The Morgan fingerprint density at radius 3 is 2.49 bits per heavy atom. The summed E-state index contributed by atoms with van der Waals surface area (Å²) < 4.78 is 6.89. The third kappa shape index (κ3) is 4.73. The van der Waals surface area contributed by atoms with Gasteiger partial charge in [-0.15, -0.1) is 11.8 Å².